The molecule has 0 aromatic carbocycles. The summed E-state index contributed by atoms with van der Waals surface area (Å²) in [6, 6.07) is 0. The van der Waals surface area contributed by atoms with Crippen LogP contribution in [-0.4, -0.2) is 17.0 Å². The van der Waals surface area contributed by atoms with E-state index in [0.717, 1.165) is 43.4 Å². The van der Waals surface area contributed by atoms with E-state index in [1.807, 2.05) is 0 Å². The van der Waals surface area contributed by atoms with Crippen molar-refractivity contribution in [1.29, 1.82) is 0 Å². The first-order valence-corrected chi connectivity index (χ1v) is 10.1. The summed E-state index contributed by atoms with van der Waals surface area (Å²) >= 11 is 0. The van der Waals surface area contributed by atoms with Gasteiger partial charge in [0.2, 0.25) is 0 Å². The van der Waals surface area contributed by atoms with Crippen molar-refractivity contribution >= 4 is 5.78 Å². The molecule has 4 rings (SSSR count). The summed E-state index contributed by atoms with van der Waals surface area (Å²) < 4.78 is 0. The lowest BCUT2D eigenvalue weighted by Crippen LogP contribution is -2.53. The normalized spacial score (nSPS) is 55.9. The van der Waals surface area contributed by atoms with Crippen molar-refractivity contribution in [2.75, 3.05) is 0 Å². The van der Waals surface area contributed by atoms with Crippen LogP contribution in [0.2, 0.25) is 0 Å². The second-order valence-corrected chi connectivity index (χ2v) is 9.76. The fraction of sp³-hybridized carbons (Fsp3) is 0.952. The van der Waals surface area contributed by atoms with Crippen LogP contribution in [0.25, 0.3) is 0 Å². The SMILES string of the molecule is CC[C@H]1C(=O)C[C@H]2[C@@H]3CCC4C[C@@H](O)CC[C@]4(C)[C@H]3CC[C@]12C. The van der Waals surface area contributed by atoms with E-state index in [0.29, 0.717) is 23.0 Å². The number of aliphatic hydroxyl groups is 1. The lowest BCUT2D eigenvalue weighted by molar-refractivity contribution is -0.128. The van der Waals surface area contributed by atoms with E-state index >= 15 is 0 Å². The van der Waals surface area contributed by atoms with E-state index in [1.165, 1.54) is 32.1 Å². The van der Waals surface area contributed by atoms with Crippen molar-refractivity contribution in [3.8, 4) is 0 Å². The number of carbonyl (C=O) groups excluding carboxylic acids is 1. The summed E-state index contributed by atoms with van der Waals surface area (Å²) in [5.41, 5.74) is 0.710. The summed E-state index contributed by atoms with van der Waals surface area (Å²) in [5, 5.41) is 10.1. The second kappa shape index (κ2) is 5.31. The number of ketones is 1. The summed E-state index contributed by atoms with van der Waals surface area (Å²) in [4.78, 5) is 12.6. The van der Waals surface area contributed by atoms with Gasteiger partial charge >= 0.3 is 0 Å². The highest BCUT2D eigenvalue weighted by molar-refractivity contribution is 5.84. The summed E-state index contributed by atoms with van der Waals surface area (Å²) in [6.45, 7) is 7.17. The standard InChI is InChI=1S/C21H34O2/c1-4-16-19(23)12-18-15-6-5-13-11-14(22)7-9-20(13,2)17(15)8-10-21(16,18)3/h13-18,22H,4-12H2,1-3H3/t13?,14-,15+,16-,17-,18-,20-,21+/m0/s1. The largest absolute Gasteiger partial charge is 0.393 e. The molecule has 4 aliphatic carbocycles. The minimum Gasteiger partial charge on any atom is -0.393 e. The van der Waals surface area contributed by atoms with Crippen LogP contribution in [0, 0.1) is 40.4 Å². The molecule has 0 amide bonds. The van der Waals surface area contributed by atoms with Gasteiger partial charge in [0.15, 0.2) is 0 Å². The van der Waals surface area contributed by atoms with Gasteiger partial charge in [-0.3, -0.25) is 4.79 Å². The van der Waals surface area contributed by atoms with Gasteiger partial charge in [-0.25, -0.2) is 0 Å². The van der Waals surface area contributed by atoms with E-state index in [2.05, 4.69) is 20.8 Å². The third-order valence-electron chi connectivity index (χ3n) is 9.09. The number of hydrogen-bond donors (Lipinski definition) is 1. The van der Waals surface area contributed by atoms with Crippen LogP contribution in [0.15, 0.2) is 0 Å². The van der Waals surface area contributed by atoms with E-state index in [9.17, 15) is 9.90 Å². The first-order valence-electron chi connectivity index (χ1n) is 10.1. The molecule has 4 saturated carbocycles. The number of aliphatic hydroxyl groups excluding tert-OH is 1. The zero-order chi connectivity index (χ0) is 16.4. The lowest BCUT2D eigenvalue weighted by Gasteiger charge is -2.60. The first-order chi connectivity index (χ1) is 10.9. The van der Waals surface area contributed by atoms with Crippen LogP contribution in [0.4, 0.5) is 0 Å². The van der Waals surface area contributed by atoms with Gasteiger partial charge in [0.25, 0.3) is 0 Å². The molecule has 0 aliphatic heterocycles. The summed E-state index contributed by atoms with van der Waals surface area (Å²) in [6.07, 6.45) is 10.2. The molecule has 1 unspecified atom stereocenters. The van der Waals surface area contributed by atoms with Gasteiger partial charge in [0.1, 0.15) is 5.78 Å². The van der Waals surface area contributed by atoms with Crippen LogP contribution < -0.4 is 0 Å². The molecule has 2 heteroatoms. The fourth-order valence-electron chi connectivity index (χ4n) is 7.82. The third kappa shape index (κ3) is 2.12. The number of Topliss-reactive ketones (excluding diaryl/α,β-unsaturated/α-hetero) is 1. The number of hydrogen-bond acceptors (Lipinski definition) is 2. The zero-order valence-electron chi connectivity index (χ0n) is 15.2. The Kier molecular flexibility index (Phi) is 3.72. The maximum Gasteiger partial charge on any atom is 0.136 e. The molecule has 0 aromatic rings. The van der Waals surface area contributed by atoms with Crippen molar-refractivity contribution < 1.29 is 9.90 Å². The molecule has 1 N–H and O–H groups in total. The molecular weight excluding hydrogens is 284 g/mol. The Balaban J connectivity index is 1.64. The highest BCUT2D eigenvalue weighted by atomic mass is 16.3. The zero-order valence-corrected chi connectivity index (χ0v) is 15.2. The van der Waals surface area contributed by atoms with Crippen molar-refractivity contribution in [3.63, 3.8) is 0 Å². The molecule has 0 bridgehead atoms. The van der Waals surface area contributed by atoms with Crippen molar-refractivity contribution in [1.82, 2.24) is 0 Å². The van der Waals surface area contributed by atoms with Gasteiger partial charge in [-0.2, -0.15) is 0 Å². The highest BCUT2D eigenvalue weighted by Gasteiger charge is 2.61. The molecule has 0 radical (unpaired) electrons. The molecule has 2 nitrogen and oxygen atoms in total. The smallest absolute Gasteiger partial charge is 0.136 e. The van der Waals surface area contributed by atoms with Crippen LogP contribution in [0.5, 0.6) is 0 Å². The lowest BCUT2D eigenvalue weighted by atomic mass is 9.44. The Morgan fingerprint density at radius 3 is 2.52 bits per heavy atom. The van der Waals surface area contributed by atoms with E-state index < -0.39 is 0 Å². The predicted molar refractivity (Wildman–Crippen MR) is 91.9 cm³/mol. The summed E-state index contributed by atoms with van der Waals surface area (Å²) in [7, 11) is 0. The number of fused-ring (bicyclic) bond motifs is 5. The Morgan fingerprint density at radius 1 is 1.04 bits per heavy atom. The number of carbonyl (C=O) groups is 1. The number of rotatable bonds is 1. The Bertz CT molecular complexity index is 500. The van der Waals surface area contributed by atoms with Crippen LogP contribution in [0.3, 0.4) is 0 Å². The maximum atomic E-state index is 12.6. The first kappa shape index (κ1) is 16.1. The van der Waals surface area contributed by atoms with Crippen LogP contribution in [0.1, 0.15) is 78.6 Å². The van der Waals surface area contributed by atoms with E-state index in [1.54, 1.807) is 0 Å². The van der Waals surface area contributed by atoms with E-state index in [-0.39, 0.29) is 11.5 Å². The quantitative estimate of drug-likeness (QED) is 0.767. The van der Waals surface area contributed by atoms with Gasteiger partial charge in [0, 0.05) is 12.3 Å². The van der Waals surface area contributed by atoms with Crippen molar-refractivity contribution in [2.45, 2.75) is 84.7 Å². The average Bonchev–Trinajstić information content (AvgIpc) is 2.77. The maximum absolute atomic E-state index is 12.6. The van der Waals surface area contributed by atoms with Gasteiger partial charge in [0.05, 0.1) is 6.10 Å². The third-order valence-corrected chi connectivity index (χ3v) is 9.09. The van der Waals surface area contributed by atoms with Gasteiger partial charge in [-0.05, 0) is 85.9 Å². The van der Waals surface area contributed by atoms with Crippen LogP contribution in [-0.2, 0) is 4.79 Å². The van der Waals surface area contributed by atoms with Crippen LogP contribution >= 0.6 is 0 Å². The minimum atomic E-state index is -0.0592. The van der Waals surface area contributed by atoms with E-state index in [4.69, 9.17) is 0 Å². The predicted octanol–water partition coefficient (Wildman–Crippen LogP) is 4.60. The Morgan fingerprint density at radius 2 is 1.78 bits per heavy atom. The topological polar surface area (TPSA) is 37.3 Å². The Labute approximate surface area is 141 Å². The molecule has 4 fully saturated rings. The molecule has 23 heavy (non-hydrogen) atoms. The molecule has 0 saturated heterocycles. The minimum absolute atomic E-state index is 0.0592. The van der Waals surface area contributed by atoms with Gasteiger partial charge in [-0.15, -0.1) is 0 Å². The summed E-state index contributed by atoms with van der Waals surface area (Å²) in [5.74, 6) is 3.82. The molecule has 8 atom stereocenters. The molecular formula is C21H34O2. The second-order valence-electron chi connectivity index (χ2n) is 9.76. The van der Waals surface area contributed by atoms with Crippen molar-refractivity contribution in [3.05, 3.63) is 0 Å². The molecule has 0 aromatic heterocycles. The highest BCUT2D eigenvalue weighted by Crippen LogP contribution is 2.67. The fourth-order valence-corrected chi connectivity index (χ4v) is 7.82. The Hall–Kier alpha value is -0.370. The van der Waals surface area contributed by atoms with Gasteiger partial charge in [-0.1, -0.05) is 20.8 Å². The van der Waals surface area contributed by atoms with Gasteiger partial charge < -0.3 is 5.11 Å². The average molecular weight is 319 g/mol. The molecule has 0 heterocycles. The monoisotopic (exact) mass is 318 g/mol. The molecule has 130 valence electrons. The molecule has 4 aliphatic rings. The van der Waals surface area contributed by atoms with Crippen molar-refractivity contribution in [2.24, 2.45) is 40.4 Å². The molecule has 0 spiro atoms.